The van der Waals surface area contributed by atoms with Gasteiger partial charge in [-0.15, -0.1) is 0 Å². The first kappa shape index (κ1) is 15.5. The molecule has 21 heavy (non-hydrogen) atoms. The SMILES string of the molecule is COc1c(C)ccc(NC(=O)c2ccc(F)c(Br)c2)c1C. The summed E-state index contributed by atoms with van der Waals surface area (Å²) in [5.41, 5.74) is 2.90. The lowest BCUT2D eigenvalue weighted by atomic mass is 10.1. The number of amides is 1. The molecule has 2 aromatic carbocycles. The summed E-state index contributed by atoms with van der Waals surface area (Å²) in [6, 6.07) is 7.84. The van der Waals surface area contributed by atoms with E-state index in [0.717, 1.165) is 16.9 Å². The second-order valence-electron chi connectivity index (χ2n) is 4.67. The van der Waals surface area contributed by atoms with E-state index in [9.17, 15) is 9.18 Å². The van der Waals surface area contributed by atoms with Crippen molar-refractivity contribution in [1.29, 1.82) is 0 Å². The van der Waals surface area contributed by atoms with Crippen molar-refractivity contribution in [2.75, 3.05) is 12.4 Å². The summed E-state index contributed by atoms with van der Waals surface area (Å²) >= 11 is 3.07. The maximum atomic E-state index is 13.2. The van der Waals surface area contributed by atoms with Gasteiger partial charge < -0.3 is 10.1 Å². The van der Waals surface area contributed by atoms with Crippen molar-refractivity contribution in [3.63, 3.8) is 0 Å². The molecule has 0 aromatic heterocycles. The molecule has 0 fully saturated rings. The molecule has 0 radical (unpaired) electrons. The van der Waals surface area contributed by atoms with Gasteiger partial charge in [0.25, 0.3) is 5.91 Å². The van der Waals surface area contributed by atoms with Crippen LogP contribution in [0.5, 0.6) is 5.75 Å². The molecule has 0 unspecified atom stereocenters. The molecule has 110 valence electrons. The Labute approximate surface area is 131 Å². The van der Waals surface area contributed by atoms with Gasteiger partial charge >= 0.3 is 0 Å². The molecule has 0 saturated heterocycles. The van der Waals surface area contributed by atoms with Crippen molar-refractivity contribution in [2.45, 2.75) is 13.8 Å². The highest BCUT2D eigenvalue weighted by atomic mass is 79.9. The summed E-state index contributed by atoms with van der Waals surface area (Å²) in [5.74, 6) is 0.0394. The van der Waals surface area contributed by atoms with E-state index in [1.165, 1.54) is 18.2 Å². The van der Waals surface area contributed by atoms with Gasteiger partial charge in [0.1, 0.15) is 11.6 Å². The van der Waals surface area contributed by atoms with E-state index >= 15 is 0 Å². The number of anilines is 1. The van der Waals surface area contributed by atoms with Crippen LogP contribution in [0.15, 0.2) is 34.8 Å². The summed E-state index contributed by atoms with van der Waals surface area (Å²) in [7, 11) is 1.60. The molecule has 3 nitrogen and oxygen atoms in total. The zero-order valence-corrected chi connectivity index (χ0v) is 13.5. The molecule has 2 aromatic rings. The van der Waals surface area contributed by atoms with Crippen molar-refractivity contribution in [2.24, 2.45) is 0 Å². The van der Waals surface area contributed by atoms with Crippen LogP contribution in [0.3, 0.4) is 0 Å². The lowest BCUT2D eigenvalue weighted by Gasteiger charge is -2.14. The zero-order valence-electron chi connectivity index (χ0n) is 12.0. The summed E-state index contributed by atoms with van der Waals surface area (Å²) in [4.78, 5) is 12.2. The molecule has 0 bridgehead atoms. The van der Waals surface area contributed by atoms with Crippen molar-refractivity contribution < 1.29 is 13.9 Å². The smallest absolute Gasteiger partial charge is 0.255 e. The fourth-order valence-corrected chi connectivity index (χ4v) is 2.49. The molecule has 1 N–H and O–H groups in total. The number of methoxy groups -OCH3 is 1. The van der Waals surface area contributed by atoms with E-state index in [2.05, 4.69) is 21.2 Å². The Morgan fingerprint density at radius 3 is 2.57 bits per heavy atom. The lowest BCUT2D eigenvalue weighted by Crippen LogP contribution is -2.13. The quantitative estimate of drug-likeness (QED) is 0.885. The average Bonchev–Trinajstić information content (AvgIpc) is 2.45. The third-order valence-corrected chi connectivity index (χ3v) is 3.84. The summed E-state index contributed by atoms with van der Waals surface area (Å²) in [5, 5.41) is 2.81. The highest BCUT2D eigenvalue weighted by Gasteiger charge is 2.13. The zero-order chi connectivity index (χ0) is 15.6. The van der Waals surface area contributed by atoms with Gasteiger partial charge in [-0.3, -0.25) is 4.79 Å². The second-order valence-corrected chi connectivity index (χ2v) is 5.53. The Morgan fingerprint density at radius 1 is 1.24 bits per heavy atom. The average molecular weight is 352 g/mol. The van der Waals surface area contributed by atoms with Crippen molar-refractivity contribution >= 4 is 27.5 Å². The number of aryl methyl sites for hydroxylation is 1. The third kappa shape index (κ3) is 3.24. The maximum absolute atomic E-state index is 13.2. The topological polar surface area (TPSA) is 38.3 Å². The minimum Gasteiger partial charge on any atom is -0.496 e. The van der Waals surface area contributed by atoms with Gasteiger partial charge in [-0.05, 0) is 59.6 Å². The normalized spacial score (nSPS) is 10.3. The summed E-state index contributed by atoms with van der Waals surface area (Å²) in [6.07, 6.45) is 0. The number of benzene rings is 2. The standard InChI is InChI=1S/C16H15BrFNO2/c1-9-4-7-14(10(2)15(9)21-3)19-16(20)11-5-6-13(18)12(17)8-11/h4-8H,1-3H3,(H,19,20). The van der Waals surface area contributed by atoms with Gasteiger partial charge in [0, 0.05) is 16.8 Å². The Kier molecular flexibility index (Phi) is 4.63. The fraction of sp³-hybridized carbons (Fsp3) is 0.188. The molecular weight excluding hydrogens is 337 g/mol. The molecule has 0 saturated carbocycles. The van der Waals surface area contributed by atoms with E-state index in [-0.39, 0.29) is 10.4 Å². The van der Waals surface area contributed by atoms with Crippen LogP contribution in [0.2, 0.25) is 0 Å². The largest absolute Gasteiger partial charge is 0.496 e. The predicted molar refractivity (Wildman–Crippen MR) is 84.5 cm³/mol. The molecule has 0 atom stereocenters. The Morgan fingerprint density at radius 2 is 1.95 bits per heavy atom. The van der Waals surface area contributed by atoms with Gasteiger partial charge in [0.05, 0.1) is 11.6 Å². The molecule has 0 heterocycles. The molecule has 0 aliphatic rings. The predicted octanol–water partition coefficient (Wildman–Crippen LogP) is 4.47. The Hall–Kier alpha value is -1.88. The van der Waals surface area contributed by atoms with E-state index in [1.54, 1.807) is 7.11 Å². The number of hydrogen-bond acceptors (Lipinski definition) is 2. The van der Waals surface area contributed by atoms with Gasteiger partial charge in [-0.2, -0.15) is 0 Å². The Bertz CT molecular complexity index is 701. The molecule has 0 spiro atoms. The van der Waals surface area contributed by atoms with Crippen LogP contribution < -0.4 is 10.1 Å². The summed E-state index contributed by atoms with van der Waals surface area (Å²) in [6.45, 7) is 3.82. The second kappa shape index (κ2) is 6.26. The van der Waals surface area contributed by atoms with Gasteiger partial charge in [0.2, 0.25) is 0 Å². The summed E-state index contributed by atoms with van der Waals surface area (Å²) < 4.78 is 18.8. The molecular formula is C16H15BrFNO2. The van der Waals surface area contributed by atoms with Crippen LogP contribution in [0, 0.1) is 19.7 Å². The minimum atomic E-state index is -0.403. The maximum Gasteiger partial charge on any atom is 0.255 e. The third-order valence-electron chi connectivity index (χ3n) is 3.24. The van der Waals surface area contributed by atoms with E-state index in [1.807, 2.05) is 26.0 Å². The molecule has 0 aliphatic heterocycles. The fourth-order valence-electron chi connectivity index (χ4n) is 2.11. The highest BCUT2D eigenvalue weighted by Crippen LogP contribution is 2.29. The number of carbonyl (C=O) groups is 1. The van der Waals surface area contributed by atoms with E-state index in [0.29, 0.717) is 11.3 Å². The molecule has 2 rings (SSSR count). The Balaban J connectivity index is 2.29. The highest BCUT2D eigenvalue weighted by molar-refractivity contribution is 9.10. The monoisotopic (exact) mass is 351 g/mol. The van der Waals surface area contributed by atoms with Crippen LogP contribution in [0.25, 0.3) is 0 Å². The van der Waals surface area contributed by atoms with Crippen molar-refractivity contribution in [1.82, 2.24) is 0 Å². The van der Waals surface area contributed by atoms with Crippen LogP contribution in [0.4, 0.5) is 10.1 Å². The first-order chi connectivity index (χ1) is 9.93. The number of ether oxygens (including phenoxy) is 1. The van der Waals surface area contributed by atoms with Crippen molar-refractivity contribution in [3.05, 3.63) is 57.3 Å². The van der Waals surface area contributed by atoms with Crippen LogP contribution in [-0.4, -0.2) is 13.0 Å². The number of hydrogen-bond donors (Lipinski definition) is 1. The van der Waals surface area contributed by atoms with E-state index < -0.39 is 5.82 Å². The van der Waals surface area contributed by atoms with Crippen LogP contribution in [-0.2, 0) is 0 Å². The van der Waals surface area contributed by atoms with Gasteiger partial charge in [0.15, 0.2) is 0 Å². The first-order valence-electron chi connectivity index (χ1n) is 6.34. The van der Waals surface area contributed by atoms with E-state index in [4.69, 9.17) is 4.74 Å². The van der Waals surface area contributed by atoms with Crippen LogP contribution >= 0.6 is 15.9 Å². The molecule has 5 heteroatoms. The van der Waals surface area contributed by atoms with Crippen LogP contribution in [0.1, 0.15) is 21.5 Å². The molecule has 1 amide bonds. The lowest BCUT2D eigenvalue weighted by molar-refractivity contribution is 0.102. The van der Waals surface area contributed by atoms with Crippen molar-refractivity contribution in [3.8, 4) is 5.75 Å². The number of halogens is 2. The molecule has 0 aliphatic carbocycles. The first-order valence-corrected chi connectivity index (χ1v) is 7.14. The number of nitrogens with one attached hydrogen (secondary N) is 1. The number of carbonyl (C=O) groups excluding carboxylic acids is 1. The minimum absolute atomic E-state index is 0.258. The van der Waals surface area contributed by atoms with Gasteiger partial charge in [-0.25, -0.2) is 4.39 Å². The number of rotatable bonds is 3. The van der Waals surface area contributed by atoms with Gasteiger partial charge in [-0.1, -0.05) is 6.07 Å².